The fraction of sp³-hybridized carbons (Fsp3) is 0.154. The van der Waals surface area contributed by atoms with Crippen molar-refractivity contribution in [1.29, 1.82) is 5.26 Å². The van der Waals surface area contributed by atoms with Crippen molar-refractivity contribution < 1.29 is 9.53 Å². The molecule has 0 bridgehead atoms. The number of halogens is 1. The number of nitriles is 1. The van der Waals surface area contributed by atoms with E-state index in [2.05, 4.69) is 41.9 Å². The van der Waals surface area contributed by atoms with Crippen molar-refractivity contribution in [2.24, 2.45) is 0 Å². The topological polar surface area (TPSA) is 117 Å². The van der Waals surface area contributed by atoms with E-state index in [4.69, 9.17) is 10.00 Å². The molecular weight excluding hydrogens is 352 g/mol. The molecular formula is C13H11BrN6O2. The number of nitrogens with one attached hydrogen (secondary N) is 2. The Kier molecular flexibility index (Phi) is 4.85. The van der Waals surface area contributed by atoms with Gasteiger partial charge in [-0.2, -0.15) is 10.5 Å². The van der Waals surface area contributed by atoms with Gasteiger partial charge in [0.15, 0.2) is 0 Å². The number of methoxy groups -OCH3 is 1. The molecule has 0 spiro atoms. The van der Waals surface area contributed by atoms with Crippen molar-refractivity contribution in [3.8, 4) is 6.07 Å². The van der Waals surface area contributed by atoms with Crippen LogP contribution in [0.5, 0.6) is 0 Å². The van der Waals surface area contributed by atoms with Gasteiger partial charge in [-0.05, 0) is 29.8 Å². The molecule has 0 amide bonds. The highest BCUT2D eigenvalue weighted by atomic mass is 79.9. The van der Waals surface area contributed by atoms with E-state index >= 15 is 0 Å². The van der Waals surface area contributed by atoms with E-state index in [0.717, 1.165) is 10.0 Å². The molecule has 0 saturated carbocycles. The average Bonchev–Trinajstić information content (AvgIpc) is 3.04. The predicted octanol–water partition coefficient (Wildman–Crippen LogP) is 2.03. The van der Waals surface area contributed by atoms with Crippen LogP contribution in [0.15, 0.2) is 22.8 Å². The average molecular weight is 363 g/mol. The third-order valence-corrected chi connectivity index (χ3v) is 3.64. The number of hydrogen-bond acceptors (Lipinski definition) is 7. The van der Waals surface area contributed by atoms with Crippen LogP contribution in [0.2, 0.25) is 0 Å². The van der Waals surface area contributed by atoms with Gasteiger partial charge in [0.25, 0.3) is 0 Å². The largest absolute Gasteiger partial charge is 0.465 e. The number of carbonyl (C=O) groups is 1. The third kappa shape index (κ3) is 3.29. The number of benzene rings is 1. The molecule has 0 aliphatic rings. The number of esters is 1. The van der Waals surface area contributed by atoms with Crippen LogP contribution < -0.4 is 5.32 Å². The maximum atomic E-state index is 11.8. The highest BCUT2D eigenvalue weighted by Gasteiger charge is 2.14. The third-order valence-electron chi connectivity index (χ3n) is 2.78. The summed E-state index contributed by atoms with van der Waals surface area (Å²) in [7, 11) is 1.30. The minimum Gasteiger partial charge on any atom is -0.465 e. The number of hydrogen-bond donors (Lipinski definition) is 2. The number of H-pyrrole nitrogens is 1. The summed E-state index contributed by atoms with van der Waals surface area (Å²) >= 11 is 3.37. The van der Waals surface area contributed by atoms with Gasteiger partial charge >= 0.3 is 5.97 Å². The van der Waals surface area contributed by atoms with E-state index in [1.807, 2.05) is 13.0 Å². The molecule has 22 heavy (non-hydrogen) atoms. The van der Waals surface area contributed by atoms with Gasteiger partial charge in [0.05, 0.1) is 18.4 Å². The fourth-order valence-electron chi connectivity index (χ4n) is 1.65. The van der Waals surface area contributed by atoms with E-state index in [1.54, 1.807) is 12.1 Å². The lowest BCUT2D eigenvalue weighted by Gasteiger charge is -2.10. The Balaban J connectivity index is 2.38. The molecule has 2 N–H and O–H groups in total. The zero-order chi connectivity index (χ0) is 16.1. The summed E-state index contributed by atoms with van der Waals surface area (Å²) in [6.07, 6.45) is 1.40. The quantitative estimate of drug-likeness (QED) is 0.631. The fourth-order valence-corrected chi connectivity index (χ4v) is 2.00. The highest BCUT2D eigenvalue weighted by Crippen LogP contribution is 2.26. The summed E-state index contributed by atoms with van der Waals surface area (Å²) in [6.45, 7) is 1.88. The molecule has 2 aromatic rings. The van der Waals surface area contributed by atoms with Gasteiger partial charge in [-0.15, -0.1) is 10.2 Å². The Hall–Kier alpha value is -2.73. The molecule has 2 rings (SSSR count). The normalized spacial score (nSPS) is 10.9. The Morgan fingerprint density at radius 1 is 1.55 bits per heavy atom. The first-order valence-corrected chi connectivity index (χ1v) is 6.85. The van der Waals surface area contributed by atoms with Crippen molar-refractivity contribution in [3.05, 3.63) is 39.8 Å². The molecule has 0 aliphatic carbocycles. The summed E-state index contributed by atoms with van der Waals surface area (Å²) in [5, 5.41) is 25.1. The Morgan fingerprint density at radius 2 is 2.32 bits per heavy atom. The van der Waals surface area contributed by atoms with Crippen LogP contribution in [0.4, 0.5) is 5.69 Å². The lowest BCUT2D eigenvalue weighted by molar-refractivity contribution is 0.0602. The number of carbonyl (C=O) groups excluding carboxylic acids is 1. The minimum atomic E-state index is -0.491. The second-order valence-corrected chi connectivity index (χ2v) is 5.04. The zero-order valence-electron chi connectivity index (χ0n) is 11.7. The number of aryl methyl sites for hydroxylation is 1. The smallest absolute Gasteiger partial charge is 0.340 e. The van der Waals surface area contributed by atoms with E-state index in [1.165, 1.54) is 13.3 Å². The van der Waals surface area contributed by atoms with Crippen molar-refractivity contribution in [3.63, 3.8) is 0 Å². The number of aromatic nitrogens is 4. The van der Waals surface area contributed by atoms with E-state index in [9.17, 15) is 4.79 Å². The first kappa shape index (κ1) is 15.7. The minimum absolute atomic E-state index is 0.156. The number of allylic oxidation sites excluding steroid dienone is 1. The number of anilines is 1. The summed E-state index contributed by atoms with van der Waals surface area (Å²) in [4.78, 5) is 11.8. The summed E-state index contributed by atoms with van der Waals surface area (Å²) in [6, 6.07) is 5.36. The van der Waals surface area contributed by atoms with Crippen molar-refractivity contribution in [2.45, 2.75) is 6.92 Å². The van der Waals surface area contributed by atoms with Crippen LogP contribution in [0, 0.1) is 18.3 Å². The van der Waals surface area contributed by atoms with E-state index in [0.29, 0.717) is 11.3 Å². The Bertz CT molecular complexity index is 764. The molecule has 8 nitrogen and oxygen atoms in total. The summed E-state index contributed by atoms with van der Waals surface area (Å²) < 4.78 is 5.53. The molecule has 1 aromatic carbocycles. The van der Waals surface area contributed by atoms with Gasteiger partial charge in [0.1, 0.15) is 11.6 Å². The van der Waals surface area contributed by atoms with Gasteiger partial charge in [-0.3, -0.25) is 0 Å². The van der Waals surface area contributed by atoms with E-state index < -0.39 is 5.97 Å². The van der Waals surface area contributed by atoms with Crippen LogP contribution >= 0.6 is 15.9 Å². The van der Waals surface area contributed by atoms with Gasteiger partial charge in [-0.1, -0.05) is 15.9 Å². The predicted molar refractivity (Wildman–Crippen MR) is 81.6 cm³/mol. The number of aromatic amines is 1. The zero-order valence-corrected chi connectivity index (χ0v) is 13.3. The summed E-state index contributed by atoms with van der Waals surface area (Å²) in [5.41, 5.74) is 1.93. The lowest BCUT2D eigenvalue weighted by Crippen LogP contribution is -2.06. The molecule has 0 unspecified atom stereocenters. The lowest BCUT2D eigenvalue weighted by atomic mass is 10.1. The second-order valence-electron chi connectivity index (χ2n) is 4.19. The van der Waals surface area contributed by atoms with Crippen LogP contribution in [-0.4, -0.2) is 33.7 Å². The van der Waals surface area contributed by atoms with Crippen molar-refractivity contribution in [1.82, 2.24) is 20.6 Å². The molecule has 0 saturated heterocycles. The van der Waals surface area contributed by atoms with Crippen LogP contribution in [0.1, 0.15) is 21.7 Å². The first-order chi connectivity index (χ1) is 10.6. The summed E-state index contributed by atoms with van der Waals surface area (Å²) in [5.74, 6) is -0.335. The van der Waals surface area contributed by atoms with Crippen molar-refractivity contribution >= 4 is 33.2 Å². The number of rotatable bonds is 4. The second kappa shape index (κ2) is 6.82. The number of tetrazole rings is 1. The first-order valence-electron chi connectivity index (χ1n) is 6.06. The molecule has 0 fully saturated rings. The Morgan fingerprint density at radius 3 is 2.91 bits per heavy atom. The number of nitrogens with zero attached hydrogens (tertiary/aromatic N) is 4. The monoisotopic (exact) mass is 362 g/mol. The van der Waals surface area contributed by atoms with Crippen LogP contribution in [-0.2, 0) is 4.74 Å². The number of ether oxygens (including phenoxy) is 1. The van der Waals surface area contributed by atoms with Gasteiger partial charge in [0.2, 0.25) is 5.82 Å². The molecule has 1 heterocycles. The highest BCUT2D eigenvalue weighted by molar-refractivity contribution is 9.10. The van der Waals surface area contributed by atoms with Gasteiger partial charge < -0.3 is 10.1 Å². The van der Waals surface area contributed by atoms with Gasteiger partial charge in [0, 0.05) is 10.7 Å². The van der Waals surface area contributed by atoms with E-state index in [-0.39, 0.29) is 11.4 Å². The SMILES string of the molecule is COC(=O)c1cc(Br)c(C)cc1NC=C(C#N)c1nn[nH]n1. The maximum Gasteiger partial charge on any atom is 0.340 e. The van der Waals surface area contributed by atoms with Crippen LogP contribution in [0.3, 0.4) is 0 Å². The van der Waals surface area contributed by atoms with Crippen LogP contribution in [0.25, 0.3) is 5.57 Å². The van der Waals surface area contributed by atoms with Crippen molar-refractivity contribution in [2.75, 3.05) is 12.4 Å². The molecule has 0 radical (unpaired) electrons. The standard InChI is InChI=1S/C13H11BrN6O2/c1-7-3-11(9(4-10(7)14)13(21)22-2)16-6-8(5-15)12-17-19-20-18-12/h3-4,6,16H,1-2H3,(H,17,18,19,20). The maximum absolute atomic E-state index is 11.8. The molecule has 112 valence electrons. The molecule has 9 heteroatoms. The Labute approximate surface area is 134 Å². The molecule has 0 atom stereocenters. The van der Waals surface area contributed by atoms with Gasteiger partial charge in [-0.25, -0.2) is 4.79 Å². The molecule has 0 aliphatic heterocycles. The molecule has 1 aromatic heterocycles.